The first-order valence-electron chi connectivity index (χ1n) is 5.71. The maximum absolute atomic E-state index is 11.5. The van der Waals surface area contributed by atoms with Crippen LogP contribution in [0.1, 0.15) is 36.5 Å². The minimum Gasteiger partial charge on any atom is -0.295 e. The first-order chi connectivity index (χ1) is 7.88. The summed E-state index contributed by atoms with van der Waals surface area (Å²) in [5.41, 5.74) is 4.16. The lowest BCUT2D eigenvalue weighted by molar-refractivity contribution is -0.114. The maximum atomic E-state index is 11.5. The number of hydrogen-bond donors (Lipinski definition) is 0. The zero-order valence-electron chi connectivity index (χ0n) is 10.7. The van der Waals surface area contributed by atoms with E-state index in [0.29, 0.717) is 17.3 Å². The second-order valence-corrected chi connectivity index (χ2v) is 4.58. The fourth-order valence-corrected chi connectivity index (χ4v) is 1.99. The van der Waals surface area contributed by atoms with E-state index in [-0.39, 0.29) is 11.7 Å². The fraction of sp³-hybridized carbons (Fsp3) is 0.357. The van der Waals surface area contributed by atoms with E-state index in [2.05, 4.69) is 20.4 Å². The van der Waals surface area contributed by atoms with Gasteiger partial charge in [0.2, 0.25) is 0 Å². The second-order valence-electron chi connectivity index (χ2n) is 4.58. The van der Waals surface area contributed by atoms with Crippen LogP contribution in [0.25, 0.3) is 0 Å². The van der Waals surface area contributed by atoms with Gasteiger partial charge in [0, 0.05) is 6.42 Å². The quantitative estimate of drug-likeness (QED) is 0.548. The Balaban J connectivity index is 3.37. The van der Waals surface area contributed by atoms with Gasteiger partial charge in [-0.2, -0.15) is 0 Å². The van der Waals surface area contributed by atoms with Gasteiger partial charge in [-0.25, -0.2) is 0 Å². The number of allylic oxidation sites excluding steroid dienone is 1. The molecule has 0 atom stereocenters. The molecule has 17 heavy (non-hydrogen) atoms. The molecule has 1 nitrogen and oxygen atoms in total. The molecule has 0 saturated carbocycles. The van der Waals surface area contributed by atoms with Gasteiger partial charge in [-0.05, 0) is 30.0 Å². The first kappa shape index (κ1) is 13.8. The Bertz CT molecular complexity index is 462. The molecule has 0 heterocycles. The molecule has 0 saturated heterocycles. The number of benzene rings is 1. The van der Waals surface area contributed by atoms with Crippen molar-refractivity contribution in [2.24, 2.45) is 0 Å². The largest absolute Gasteiger partial charge is 0.295 e. The minimum atomic E-state index is -0.0189. The summed E-state index contributed by atoms with van der Waals surface area (Å²) in [6.45, 7) is 9.50. The van der Waals surface area contributed by atoms with Crippen LogP contribution in [0.15, 0.2) is 18.7 Å². The topological polar surface area (TPSA) is 17.1 Å². The molecule has 0 aromatic heterocycles. The highest BCUT2D eigenvalue weighted by Crippen LogP contribution is 2.18. The van der Waals surface area contributed by atoms with Gasteiger partial charge in [0.1, 0.15) is 15.7 Å². The van der Waals surface area contributed by atoms with Gasteiger partial charge in [-0.1, -0.05) is 43.0 Å². The van der Waals surface area contributed by atoms with Crippen LogP contribution >= 0.6 is 0 Å². The predicted octanol–water partition coefficient (Wildman–Crippen LogP) is 1.00. The average Bonchev–Trinajstić information content (AvgIpc) is 2.25. The summed E-state index contributed by atoms with van der Waals surface area (Å²) in [5, 5.41) is 0. The normalized spacial score (nSPS) is 10.6. The van der Waals surface area contributed by atoms with Gasteiger partial charge in [-0.3, -0.25) is 4.79 Å². The summed E-state index contributed by atoms with van der Waals surface area (Å²) in [6.07, 6.45) is 1.64. The Kier molecular flexibility index (Phi) is 4.39. The van der Waals surface area contributed by atoms with E-state index in [9.17, 15) is 4.79 Å². The molecule has 0 unspecified atom stereocenters. The second kappa shape index (κ2) is 5.39. The monoisotopic (exact) mass is 222 g/mol. The number of ketones is 1. The van der Waals surface area contributed by atoms with E-state index >= 15 is 0 Å². The van der Waals surface area contributed by atoms with Crippen molar-refractivity contribution < 1.29 is 4.79 Å². The molecule has 1 aromatic carbocycles. The highest BCUT2D eigenvalue weighted by atomic mass is 16.1. The van der Waals surface area contributed by atoms with Crippen molar-refractivity contribution in [3.05, 3.63) is 35.4 Å². The van der Waals surface area contributed by atoms with Crippen LogP contribution in [0.2, 0.25) is 0 Å². The number of carbonyl (C=O) groups excluding carboxylic acids is 1. The molecule has 84 valence electrons. The summed E-state index contributed by atoms with van der Waals surface area (Å²) in [4.78, 5) is 11.5. The molecule has 0 aliphatic heterocycles. The molecular formula is C14H16B2O. The zero-order chi connectivity index (χ0) is 13.2. The Morgan fingerprint density at radius 1 is 1.47 bits per heavy atom. The minimum absolute atomic E-state index is 0.0189. The average molecular weight is 222 g/mol. The van der Waals surface area contributed by atoms with Gasteiger partial charge in [-0.15, -0.1) is 0 Å². The Morgan fingerprint density at radius 3 is 2.53 bits per heavy atom. The third-order valence-electron chi connectivity index (χ3n) is 2.97. The van der Waals surface area contributed by atoms with Gasteiger partial charge in [0.25, 0.3) is 0 Å². The molecule has 0 fully saturated rings. The molecule has 3 heteroatoms. The summed E-state index contributed by atoms with van der Waals surface area (Å²) < 4.78 is 0. The van der Waals surface area contributed by atoms with Crippen LogP contribution in [-0.2, 0) is 11.2 Å². The van der Waals surface area contributed by atoms with Crippen LogP contribution in [0.4, 0.5) is 0 Å². The van der Waals surface area contributed by atoms with Crippen molar-refractivity contribution in [2.75, 3.05) is 0 Å². The van der Waals surface area contributed by atoms with Gasteiger partial charge >= 0.3 is 0 Å². The van der Waals surface area contributed by atoms with Crippen LogP contribution in [0.3, 0.4) is 0 Å². The van der Waals surface area contributed by atoms with Crippen molar-refractivity contribution in [1.82, 2.24) is 0 Å². The van der Waals surface area contributed by atoms with E-state index in [1.54, 1.807) is 0 Å². The van der Waals surface area contributed by atoms with E-state index in [4.69, 9.17) is 15.7 Å². The molecule has 0 spiro atoms. The van der Waals surface area contributed by atoms with Crippen LogP contribution < -0.4 is 10.9 Å². The van der Waals surface area contributed by atoms with E-state index < -0.39 is 0 Å². The van der Waals surface area contributed by atoms with Gasteiger partial charge in [0.05, 0.1) is 0 Å². The molecule has 0 bridgehead atoms. The lowest BCUT2D eigenvalue weighted by Gasteiger charge is -2.20. The van der Waals surface area contributed by atoms with Crippen LogP contribution in [-0.4, -0.2) is 21.5 Å². The molecule has 0 aliphatic rings. The highest BCUT2D eigenvalue weighted by molar-refractivity contribution is 6.40. The zero-order valence-corrected chi connectivity index (χ0v) is 10.7. The number of rotatable bonds is 4. The number of carbonyl (C=O) groups is 1. The van der Waals surface area contributed by atoms with Crippen LogP contribution in [0.5, 0.6) is 0 Å². The smallest absolute Gasteiger partial charge is 0.159 e. The third kappa shape index (κ3) is 2.91. The lowest BCUT2D eigenvalue weighted by Crippen LogP contribution is -2.27. The number of hydrogen-bond acceptors (Lipinski definition) is 1. The molecule has 0 amide bonds. The van der Waals surface area contributed by atoms with Crippen molar-refractivity contribution in [2.45, 2.75) is 33.1 Å². The highest BCUT2D eigenvalue weighted by Gasteiger charge is 2.14. The third-order valence-corrected chi connectivity index (χ3v) is 2.97. The molecule has 0 aliphatic carbocycles. The maximum Gasteiger partial charge on any atom is 0.159 e. The van der Waals surface area contributed by atoms with Crippen molar-refractivity contribution >= 4 is 32.4 Å². The Hall–Kier alpha value is -1.24. The van der Waals surface area contributed by atoms with Crippen LogP contribution in [0, 0.1) is 6.92 Å². The summed E-state index contributed by atoms with van der Waals surface area (Å²) in [6, 6.07) is 1.85. The summed E-state index contributed by atoms with van der Waals surface area (Å²) in [7, 11) is 12.0. The van der Waals surface area contributed by atoms with E-state index in [0.717, 1.165) is 16.7 Å². The van der Waals surface area contributed by atoms with Gasteiger partial charge < -0.3 is 0 Å². The van der Waals surface area contributed by atoms with Crippen molar-refractivity contribution in [3.8, 4) is 0 Å². The summed E-state index contributed by atoms with van der Waals surface area (Å²) >= 11 is 0. The summed E-state index contributed by atoms with van der Waals surface area (Å²) in [5.74, 6) is 0.247. The van der Waals surface area contributed by atoms with E-state index in [1.807, 2.05) is 13.0 Å². The van der Waals surface area contributed by atoms with Gasteiger partial charge in [0.15, 0.2) is 5.78 Å². The molecule has 1 rings (SSSR count). The van der Waals surface area contributed by atoms with E-state index in [1.165, 1.54) is 6.08 Å². The fourth-order valence-electron chi connectivity index (χ4n) is 1.99. The Morgan fingerprint density at radius 2 is 2.06 bits per heavy atom. The molecular weight excluding hydrogens is 206 g/mol. The lowest BCUT2D eigenvalue weighted by atomic mass is 9.73. The Labute approximate surface area is 106 Å². The molecule has 4 radical (unpaired) electrons. The first-order valence-corrected chi connectivity index (χ1v) is 5.71. The SMILES string of the molecule is [B]c1cc(CC(=O)C=C)c(C(C)C)c([B])c1C. The molecule has 0 N–H and O–H groups in total. The van der Waals surface area contributed by atoms with Crippen molar-refractivity contribution in [1.29, 1.82) is 0 Å². The van der Waals surface area contributed by atoms with Crippen molar-refractivity contribution in [3.63, 3.8) is 0 Å². The molecule has 1 aromatic rings. The standard InChI is InChI=1S/C14H16B2O/c1-5-11(17)6-10-7-12(15)9(4)14(16)13(10)8(2)3/h5,7-8H,1,6H2,2-4H3. The predicted molar refractivity (Wildman–Crippen MR) is 75.0 cm³/mol.